The third kappa shape index (κ3) is 3.74. The van der Waals surface area contributed by atoms with Gasteiger partial charge in [0.2, 0.25) is 5.91 Å². The zero-order valence-electron chi connectivity index (χ0n) is 13.5. The highest BCUT2D eigenvalue weighted by Crippen LogP contribution is 2.22. The summed E-state index contributed by atoms with van der Waals surface area (Å²) in [5, 5.41) is 15.9. The van der Waals surface area contributed by atoms with E-state index < -0.39 is 0 Å². The molecule has 0 fully saturated rings. The van der Waals surface area contributed by atoms with Gasteiger partial charge in [0, 0.05) is 49.1 Å². The van der Waals surface area contributed by atoms with Crippen LogP contribution >= 0.6 is 12.4 Å². The van der Waals surface area contributed by atoms with Crippen LogP contribution in [0.2, 0.25) is 0 Å². The van der Waals surface area contributed by atoms with Crippen LogP contribution in [0.3, 0.4) is 0 Å². The third-order valence-electron chi connectivity index (χ3n) is 3.83. The van der Waals surface area contributed by atoms with Crippen molar-refractivity contribution in [1.29, 1.82) is 0 Å². The molecule has 0 unspecified atom stereocenters. The van der Waals surface area contributed by atoms with E-state index in [1.54, 1.807) is 12.1 Å². The van der Waals surface area contributed by atoms with Gasteiger partial charge in [0.05, 0.1) is 0 Å². The second kappa shape index (κ2) is 7.46. The van der Waals surface area contributed by atoms with Gasteiger partial charge in [-0.15, -0.1) is 12.4 Å². The van der Waals surface area contributed by atoms with E-state index in [1.807, 2.05) is 13.0 Å². The fraction of sp³-hybridized carbons (Fsp3) is 0.312. The first-order valence-electron chi connectivity index (χ1n) is 7.51. The molecule has 0 spiro atoms. The van der Waals surface area contributed by atoms with Gasteiger partial charge in [0.1, 0.15) is 0 Å². The van der Waals surface area contributed by atoms with Crippen molar-refractivity contribution in [1.82, 2.24) is 15.5 Å². The number of nitrogens with one attached hydrogen (secondary N) is 4. The van der Waals surface area contributed by atoms with E-state index in [9.17, 15) is 9.59 Å². The zero-order chi connectivity index (χ0) is 16.4. The molecule has 0 bridgehead atoms. The largest absolute Gasteiger partial charge is 0.326 e. The molecule has 4 N–H and O–H groups in total. The number of benzene rings is 1. The van der Waals surface area contributed by atoms with Crippen LogP contribution in [0.5, 0.6) is 0 Å². The number of nitrogens with zero attached hydrogens (tertiary/aromatic N) is 1. The second-order valence-corrected chi connectivity index (χ2v) is 5.62. The lowest BCUT2D eigenvalue weighted by atomic mass is 10.1. The van der Waals surface area contributed by atoms with Gasteiger partial charge in [-0.2, -0.15) is 5.10 Å². The van der Waals surface area contributed by atoms with Crippen molar-refractivity contribution in [2.45, 2.75) is 26.8 Å². The Morgan fingerprint density at radius 2 is 2.04 bits per heavy atom. The average Bonchev–Trinajstić information content (AvgIpc) is 2.94. The molecule has 24 heavy (non-hydrogen) atoms. The topological polar surface area (TPSA) is 98.9 Å². The highest BCUT2D eigenvalue weighted by atomic mass is 35.5. The molecule has 3 rings (SSSR count). The summed E-state index contributed by atoms with van der Waals surface area (Å²) < 4.78 is 0. The Bertz CT molecular complexity index is 772. The normalized spacial score (nSPS) is 12.8. The highest BCUT2D eigenvalue weighted by Gasteiger charge is 2.21. The summed E-state index contributed by atoms with van der Waals surface area (Å²) >= 11 is 0. The number of rotatable bonds is 3. The van der Waals surface area contributed by atoms with Gasteiger partial charge in [0.25, 0.3) is 5.91 Å². The summed E-state index contributed by atoms with van der Waals surface area (Å²) in [6, 6.07) is 5.39. The quantitative estimate of drug-likeness (QED) is 0.681. The summed E-state index contributed by atoms with van der Waals surface area (Å²) in [6.45, 7) is 4.87. The van der Waals surface area contributed by atoms with Crippen molar-refractivity contribution in [2.24, 2.45) is 0 Å². The van der Waals surface area contributed by atoms with Crippen LogP contribution in [0.1, 0.15) is 34.2 Å². The smallest absolute Gasteiger partial charge is 0.276 e. The van der Waals surface area contributed by atoms with Crippen molar-refractivity contribution in [3.8, 4) is 0 Å². The van der Waals surface area contributed by atoms with E-state index in [0.717, 1.165) is 29.8 Å². The molecule has 0 saturated carbocycles. The first-order valence-corrected chi connectivity index (χ1v) is 7.51. The summed E-state index contributed by atoms with van der Waals surface area (Å²) in [5.41, 5.74) is 4.57. The molecule has 0 saturated heterocycles. The number of aryl methyl sites for hydroxylation is 1. The Hall–Kier alpha value is -2.38. The predicted octanol–water partition coefficient (Wildman–Crippen LogP) is 2.00. The van der Waals surface area contributed by atoms with Gasteiger partial charge in [0.15, 0.2) is 5.69 Å². The number of carbonyl (C=O) groups is 2. The molecule has 7 nitrogen and oxygen atoms in total. The average molecular weight is 350 g/mol. The van der Waals surface area contributed by atoms with Crippen molar-refractivity contribution in [2.75, 3.05) is 17.2 Å². The standard InChI is InChI=1S/C16H19N5O2.ClH/c1-9-3-4-11(7-14(9)18-10(2)22)19-16(23)15-12-8-17-6-5-13(12)20-21-15;/h3-4,7,17H,5-6,8H2,1-2H3,(H,18,22)(H,19,23)(H,20,21);1H. The lowest BCUT2D eigenvalue weighted by Gasteiger charge is -2.13. The second-order valence-electron chi connectivity index (χ2n) is 5.62. The van der Waals surface area contributed by atoms with Crippen molar-refractivity contribution in [3.05, 3.63) is 40.7 Å². The van der Waals surface area contributed by atoms with Crippen molar-refractivity contribution >= 4 is 35.6 Å². The fourth-order valence-corrected chi connectivity index (χ4v) is 2.63. The van der Waals surface area contributed by atoms with E-state index in [0.29, 0.717) is 23.6 Å². The summed E-state index contributed by atoms with van der Waals surface area (Å²) in [5.74, 6) is -0.409. The number of halogens is 1. The molecular formula is C16H20ClN5O2. The minimum absolute atomic E-state index is 0. The van der Waals surface area contributed by atoms with E-state index in [4.69, 9.17) is 0 Å². The molecule has 1 aliphatic rings. The Kier molecular flexibility index (Phi) is 5.58. The lowest BCUT2D eigenvalue weighted by Crippen LogP contribution is -2.25. The van der Waals surface area contributed by atoms with Gasteiger partial charge in [-0.1, -0.05) is 6.07 Å². The van der Waals surface area contributed by atoms with Crippen LogP contribution in [-0.4, -0.2) is 28.6 Å². The van der Waals surface area contributed by atoms with E-state index in [1.165, 1.54) is 6.92 Å². The Balaban J connectivity index is 0.00000208. The van der Waals surface area contributed by atoms with Crippen LogP contribution in [0.15, 0.2) is 18.2 Å². The number of carbonyl (C=O) groups excluding carboxylic acids is 2. The van der Waals surface area contributed by atoms with Crippen LogP contribution in [-0.2, 0) is 17.8 Å². The monoisotopic (exact) mass is 349 g/mol. The molecule has 1 aromatic carbocycles. The molecule has 2 amide bonds. The Morgan fingerprint density at radius 3 is 2.79 bits per heavy atom. The highest BCUT2D eigenvalue weighted by molar-refractivity contribution is 6.04. The van der Waals surface area contributed by atoms with Gasteiger partial charge < -0.3 is 16.0 Å². The number of hydrogen-bond acceptors (Lipinski definition) is 4. The van der Waals surface area contributed by atoms with E-state index in [2.05, 4.69) is 26.1 Å². The maximum atomic E-state index is 12.5. The SMILES string of the molecule is CC(=O)Nc1cc(NC(=O)c2n[nH]c3c2CNCC3)ccc1C.Cl. The fourth-order valence-electron chi connectivity index (χ4n) is 2.63. The number of hydrogen-bond donors (Lipinski definition) is 4. The number of H-pyrrole nitrogens is 1. The van der Waals surface area contributed by atoms with Crippen LogP contribution in [0.25, 0.3) is 0 Å². The molecule has 8 heteroatoms. The first kappa shape index (κ1) is 18.0. The van der Waals surface area contributed by atoms with Gasteiger partial charge >= 0.3 is 0 Å². The first-order chi connectivity index (χ1) is 11.0. The molecule has 2 heterocycles. The Morgan fingerprint density at radius 1 is 1.25 bits per heavy atom. The number of anilines is 2. The molecule has 0 atom stereocenters. The van der Waals surface area contributed by atoms with Crippen LogP contribution in [0.4, 0.5) is 11.4 Å². The van der Waals surface area contributed by atoms with Crippen molar-refractivity contribution in [3.63, 3.8) is 0 Å². The molecule has 0 aliphatic carbocycles. The molecule has 1 aromatic heterocycles. The number of amides is 2. The number of fused-ring (bicyclic) bond motifs is 1. The van der Waals surface area contributed by atoms with Crippen molar-refractivity contribution < 1.29 is 9.59 Å². The molecule has 2 aromatic rings. The maximum absolute atomic E-state index is 12.5. The lowest BCUT2D eigenvalue weighted by molar-refractivity contribution is -0.114. The summed E-state index contributed by atoms with van der Waals surface area (Å²) in [4.78, 5) is 23.7. The molecule has 128 valence electrons. The van der Waals surface area contributed by atoms with Crippen LogP contribution in [0, 0.1) is 6.92 Å². The van der Waals surface area contributed by atoms with E-state index in [-0.39, 0.29) is 24.2 Å². The van der Waals surface area contributed by atoms with Gasteiger partial charge in [-0.3, -0.25) is 14.7 Å². The van der Waals surface area contributed by atoms with E-state index >= 15 is 0 Å². The molecule has 1 aliphatic heterocycles. The third-order valence-corrected chi connectivity index (χ3v) is 3.83. The maximum Gasteiger partial charge on any atom is 0.276 e. The number of aromatic nitrogens is 2. The van der Waals surface area contributed by atoms with Gasteiger partial charge in [-0.25, -0.2) is 0 Å². The van der Waals surface area contributed by atoms with Crippen LogP contribution < -0.4 is 16.0 Å². The minimum atomic E-state index is -0.260. The summed E-state index contributed by atoms with van der Waals surface area (Å²) in [6.07, 6.45) is 0.840. The number of aromatic amines is 1. The molecule has 0 radical (unpaired) electrons. The summed E-state index contributed by atoms with van der Waals surface area (Å²) in [7, 11) is 0. The minimum Gasteiger partial charge on any atom is -0.326 e. The predicted molar refractivity (Wildman–Crippen MR) is 94.7 cm³/mol. The molecular weight excluding hydrogens is 330 g/mol. The Labute approximate surface area is 146 Å². The zero-order valence-corrected chi connectivity index (χ0v) is 14.3. The van der Waals surface area contributed by atoms with Gasteiger partial charge in [-0.05, 0) is 24.6 Å².